The minimum atomic E-state index is -0.185. The molecule has 3 heterocycles. The summed E-state index contributed by atoms with van der Waals surface area (Å²) in [5, 5.41) is 3.89. The van der Waals surface area contributed by atoms with Crippen LogP contribution in [0.3, 0.4) is 0 Å². The number of benzene rings is 1. The van der Waals surface area contributed by atoms with Crippen LogP contribution in [0.15, 0.2) is 18.3 Å². The predicted molar refractivity (Wildman–Crippen MR) is 85.2 cm³/mol. The molecule has 1 aliphatic rings. The van der Waals surface area contributed by atoms with Crippen molar-refractivity contribution in [3.8, 4) is 11.1 Å². The first-order chi connectivity index (χ1) is 10.6. The van der Waals surface area contributed by atoms with Crippen molar-refractivity contribution in [1.82, 2.24) is 14.5 Å². The molecular weight excluding hydrogens is 281 g/mol. The number of anilines is 2. The summed E-state index contributed by atoms with van der Waals surface area (Å²) < 4.78 is 16.7. The van der Waals surface area contributed by atoms with Gasteiger partial charge in [-0.3, -0.25) is 0 Å². The molecule has 1 aromatic carbocycles. The number of aryl methyl sites for hydroxylation is 2. The van der Waals surface area contributed by atoms with Gasteiger partial charge < -0.3 is 15.6 Å². The third kappa shape index (κ3) is 1.70. The maximum atomic E-state index is 14.9. The summed E-state index contributed by atoms with van der Waals surface area (Å²) in [6.45, 7) is 2.57. The van der Waals surface area contributed by atoms with Crippen LogP contribution in [-0.2, 0) is 13.5 Å². The van der Waals surface area contributed by atoms with Crippen molar-refractivity contribution in [3.63, 3.8) is 0 Å². The van der Waals surface area contributed by atoms with E-state index in [2.05, 4.69) is 15.3 Å². The first-order valence-electron chi connectivity index (χ1n) is 7.21. The summed E-state index contributed by atoms with van der Waals surface area (Å²) >= 11 is 0. The number of halogens is 1. The minimum Gasteiger partial charge on any atom is -0.384 e. The van der Waals surface area contributed by atoms with Crippen LogP contribution in [0.25, 0.3) is 22.2 Å². The highest BCUT2D eigenvalue weighted by molar-refractivity contribution is 6.01. The molecule has 0 spiro atoms. The Morgan fingerprint density at radius 1 is 1.27 bits per heavy atom. The van der Waals surface area contributed by atoms with Crippen molar-refractivity contribution in [2.45, 2.75) is 13.3 Å². The Balaban J connectivity index is 2.04. The number of nitrogens with two attached hydrogens (primary N) is 1. The summed E-state index contributed by atoms with van der Waals surface area (Å²) in [7, 11) is 1.88. The van der Waals surface area contributed by atoms with Crippen LogP contribution < -0.4 is 11.1 Å². The molecule has 5 nitrogen and oxygen atoms in total. The Labute approximate surface area is 127 Å². The number of nitrogens with one attached hydrogen (secondary N) is 1. The average Bonchev–Trinajstić information content (AvgIpc) is 3.05. The van der Waals surface area contributed by atoms with Crippen molar-refractivity contribution in [1.29, 1.82) is 0 Å². The van der Waals surface area contributed by atoms with Crippen LogP contribution in [0.4, 0.5) is 15.9 Å². The molecule has 6 heteroatoms. The third-order valence-corrected chi connectivity index (χ3v) is 4.18. The Morgan fingerprint density at radius 3 is 2.91 bits per heavy atom. The lowest BCUT2D eigenvalue weighted by Crippen LogP contribution is -1.99. The maximum Gasteiger partial charge on any atom is 0.146 e. The summed E-state index contributed by atoms with van der Waals surface area (Å²) in [6.07, 6.45) is 2.56. The Kier molecular flexibility index (Phi) is 2.63. The summed E-state index contributed by atoms with van der Waals surface area (Å²) in [5.74, 6) is 0.808. The number of rotatable bonds is 1. The normalized spacial score (nSPS) is 13.4. The van der Waals surface area contributed by atoms with E-state index in [-0.39, 0.29) is 5.82 Å². The van der Waals surface area contributed by atoms with Crippen LogP contribution in [0, 0.1) is 12.7 Å². The SMILES string of the molecule is Cc1nc(N)c2c(-c3ccc4c(c3F)CCN4)cn(C)c2n1. The molecule has 0 atom stereocenters. The van der Waals surface area contributed by atoms with E-state index in [1.165, 1.54) is 0 Å². The van der Waals surface area contributed by atoms with Crippen molar-refractivity contribution in [2.24, 2.45) is 7.05 Å². The van der Waals surface area contributed by atoms with Gasteiger partial charge in [-0.1, -0.05) is 0 Å². The molecule has 0 fully saturated rings. The van der Waals surface area contributed by atoms with E-state index < -0.39 is 0 Å². The van der Waals surface area contributed by atoms with E-state index in [9.17, 15) is 4.39 Å². The lowest BCUT2D eigenvalue weighted by Gasteiger charge is -2.07. The number of fused-ring (bicyclic) bond motifs is 2. The first-order valence-corrected chi connectivity index (χ1v) is 7.21. The zero-order valence-electron chi connectivity index (χ0n) is 12.4. The second-order valence-corrected chi connectivity index (χ2v) is 5.64. The molecule has 1 aliphatic heterocycles. The van der Waals surface area contributed by atoms with Crippen molar-refractivity contribution >= 4 is 22.5 Å². The second kappa shape index (κ2) is 4.43. The topological polar surface area (TPSA) is 68.8 Å². The Morgan fingerprint density at radius 2 is 2.09 bits per heavy atom. The van der Waals surface area contributed by atoms with Gasteiger partial charge in [0.1, 0.15) is 23.1 Å². The number of hydrogen-bond acceptors (Lipinski definition) is 4. The van der Waals surface area contributed by atoms with Crippen LogP contribution in [0.1, 0.15) is 11.4 Å². The Bertz CT molecular complexity index is 913. The molecule has 112 valence electrons. The molecule has 3 N–H and O–H groups in total. The van der Waals surface area contributed by atoms with Crippen molar-refractivity contribution in [2.75, 3.05) is 17.6 Å². The molecular formula is C16H16FN5. The molecule has 0 bridgehead atoms. The van der Waals surface area contributed by atoms with E-state index in [0.717, 1.165) is 29.0 Å². The van der Waals surface area contributed by atoms with Crippen LogP contribution >= 0.6 is 0 Å². The standard InChI is InChI=1S/C16H16FN5/c1-8-20-15(18)13-11(7-22(2)16(13)21-8)9-3-4-12-10(14(9)17)5-6-19-12/h3-4,7,19H,5-6H2,1-2H3,(H2,18,20,21). The van der Waals surface area contributed by atoms with Gasteiger partial charge in [0, 0.05) is 42.2 Å². The van der Waals surface area contributed by atoms with E-state index in [0.29, 0.717) is 29.0 Å². The molecule has 3 aromatic rings. The highest BCUT2D eigenvalue weighted by Gasteiger charge is 2.22. The molecule has 22 heavy (non-hydrogen) atoms. The average molecular weight is 297 g/mol. The monoisotopic (exact) mass is 297 g/mol. The number of hydrogen-bond donors (Lipinski definition) is 2. The van der Waals surface area contributed by atoms with Gasteiger partial charge >= 0.3 is 0 Å². The summed E-state index contributed by atoms with van der Waals surface area (Å²) in [4.78, 5) is 8.64. The largest absolute Gasteiger partial charge is 0.384 e. The molecule has 0 unspecified atom stereocenters. The van der Waals surface area contributed by atoms with Crippen LogP contribution in [-0.4, -0.2) is 21.1 Å². The quantitative estimate of drug-likeness (QED) is 0.724. The number of aromatic nitrogens is 3. The molecule has 4 rings (SSSR count). The molecule has 0 aliphatic carbocycles. The van der Waals surface area contributed by atoms with E-state index >= 15 is 0 Å². The van der Waals surface area contributed by atoms with Crippen LogP contribution in [0.2, 0.25) is 0 Å². The predicted octanol–water partition coefficient (Wildman–Crippen LogP) is 2.63. The van der Waals surface area contributed by atoms with Crippen LogP contribution in [0.5, 0.6) is 0 Å². The fourth-order valence-corrected chi connectivity index (χ4v) is 3.18. The van der Waals surface area contributed by atoms with E-state index in [1.54, 1.807) is 13.0 Å². The number of nitrogens with zero attached hydrogens (tertiary/aromatic N) is 3. The molecule has 2 aromatic heterocycles. The van der Waals surface area contributed by atoms with E-state index in [1.807, 2.05) is 23.9 Å². The highest BCUT2D eigenvalue weighted by Crippen LogP contribution is 2.37. The minimum absolute atomic E-state index is 0.185. The summed E-state index contributed by atoms with van der Waals surface area (Å²) in [5.41, 5.74) is 9.69. The zero-order chi connectivity index (χ0) is 15.4. The fourth-order valence-electron chi connectivity index (χ4n) is 3.18. The van der Waals surface area contributed by atoms with Crippen molar-refractivity contribution < 1.29 is 4.39 Å². The van der Waals surface area contributed by atoms with Gasteiger partial charge in [-0.25, -0.2) is 14.4 Å². The Hall–Kier alpha value is -2.63. The molecule has 0 saturated carbocycles. The van der Waals surface area contributed by atoms with Gasteiger partial charge in [0.25, 0.3) is 0 Å². The lowest BCUT2D eigenvalue weighted by molar-refractivity contribution is 0.619. The van der Waals surface area contributed by atoms with Gasteiger partial charge in [-0.05, 0) is 25.5 Å². The third-order valence-electron chi connectivity index (χ3n) is 4.18. The van der Waals surface area contributed by atoms with Gasteiger partial charge in [-0.15, -0.1) is 0 Å². The van der Waals surface area contributed by atoms with Gasteiger partial charge in [0.05, 0.1) is 5.39 Å². The van der Waals surface area contributed by atoms with E-state index in [4.69, 9.17) is 5.73 Å². The molecule has 0 saturated heterocycles. The maximum absolute atomic E-state index is 14.9. The van der Waals surface area contributed by atoms with Crippen molar-refractivity contribution in [3.05, 3.63) is 35.5 Å². The fraction of sp³-hybridized carbons (Fsp3) is 0.250. The zero-order valence-corrected chi connectivity index (χ0v) is 12.4. The molecule has 0 radical (unpaired) electrons. The molecule has 0 amide bonds. The van der Waals surface area contributed by atoms with Gasteiger partial charge in [0.2, 0.25) is 0 Å². The van der Waals surface area contributed by atoms with Gasteiger partial charge in [-0.2, -0.15) is 0 Å². The highest BCUT2D eigenvalue weighted by atomic mass is 19.1. The second-order valence-electron chi connectivity index (χ2n) is 5.64. The smallest absolute Gasteiger partial charge is 0.146 e. The first kappa shape index (κ1) is 13.1. The summed E-state index contributed by atoms with van der Waals surface area (Å²) in [6, 6.07) is 3.71. The van der Waals surface area contributed by atoms with Gasteiger partial charge in [0.15, 0.2) is 0 Å². The number of nitrogen functional groups attached to an aromatic ring is 1. The lowest BCUT2D eigenvalue weighted by atomic mass is 10.0.